The molecular formula is C14H21ClFN3. The number of nitrogens with two attached hydrogens (primary N) is 1. The van der Waals surface area contributed by atoms with Crippen LogP contribution in [0.3, 0.4) is 0 Å². The second kappa shape index (κ2) is 5.55. The fourth-order valence-corrected chi connectivity index (χ4v) is 2.96. The van der Waals surface area contributed by atoms with Crippen LogP contribution in [0.4, 0.5) is 15.8 Å². The topological polar surface area (TPSA) is 41.3 Å². The normalized spacial score (nSPS) is 17.9. The third kappa shape index (κ3) is 2.95. The number of halogens is 2. The molecule has 0 saturated heterocycles. The molecule has 0 aliphatic heterocycles. The molecule has 5 heteroatoms. The van der Waals surface area contributed by atoms with Crippen molar-refractivity contribution in [1.29, 1.82) is 0 Å². The van der Waals surface area contributed by atoms with Crippen molar-refractivity contribution >= 4 is 23.0 Å². The molecule has 0 unspecified atom stereocenters. The Balaban J connectivity index is 2.11. The maximum atomic E-state index is 13.5. The molecule has 1 aliphatic carbocycles. The Kier molecular flexibility index (Phi) is 4.21. The smallest absolute Gasteiger partial charge is 0.143 e. The highest BCUT2D eigenvalue weighted by atomic mass is 35.5. The Bertz CT molecular complexity index is 456. The van der Waals surface area contributed by atoms with Gasteiger partial charge in [0.05, 0.1) is 16.4 Å². The lowest BCUT2D eigenvalue weighted by atomic mass is 9.96. The zero-order valence-electron chi connectivity index (χ0n) is 11.5. The summed E-state index contributed by atoms with van der Waals surface area (Å²) in [4.78, 5) is 2.26. The molecule has 3 nitrogen and oxygen atoms in total. The molecule has 0 heterocycles. The number of rotatable bonds is 4. The summed E-state index contributed by atoms with van der Waals surface area (Å²) in [5.74, 6) is -0.441. The van der Waals surface area contributed by atoms with E-state index in [9.17, 15) is 4.39 Å². The summed E-state index contributed by atoms with van der Waals surface area (Å²) >= 11 is 5.70. The van der Waals surface area contributed by atoms with E-state index in [1.165, 1.54) is 25.0 Å². The van der Waals surface area contributed by atoms with Crippen LogP contribution in [0, 0.1) is 5.82 Å². The van der Waals surface area contributed by atoms with Crippen LogP contribution in [-0.2, 0) is 0 Å². The molecule has 1 aromatic carbocycles. The van der Waals surface area contributed by atoms with Crippen LogP contribution in [0.1, 0.15) is 25.7 Å². The predicted octanol–water partition coefficient (Wildman–Crippen LogP) is 3.35. The van der Waals surface area contributed by atoms with Crippen molar-refractivity contribution in [3.63, 3.8) is 0 Å². The van der Waals surface area contributed by atoms with Crippen LogP contribution in [0.2, 0.25) is 5.02 Å². The van der Waals surface area contributed by atoms with Gasteiger partial charge in [0.2, 0.25) is 0 Å². The fraction of sp³-hybridized carbons (Fsp3) is 0.571. The van der Waals surface area contributed by atoms with Gasteiger partial charge >= 0.3 is 0 Å². The Morgan fingerprint density at radius 1 is 1.37 bits per heavy atom. The molecule has 0 aromatic heterocycles. The summed E-state index contributed by atoms with van der Waals surface area (Å²) in [5, 5.41) is 3.34. The predicted molar refractivity (Wildman–Crippen MR) is 79.2 cm³/mol. The van der Waals surface area contributed by atoms with E-state index in [2.05, 4.69) is 24.3 Å². The van der Waals surface area contributed by atoms with Gasteiger partial charge in [-0.25, -0.2) is 4.39 Å². The van der Waals surface area contributed by atoms with Gasteiger partial charge in [-0.2, -0.15) is 0 Å². The molecule has 3 N–H and O–H groups in total. The van der Waals surface area contributed by atoms with E-state index in [-0.39, 0.29) is 10.6 Å². The Hall–Kier alpha value is -1.00. The first-order valence-corrected chi connectivity index (χ1v) is 6.98. The van der Waals surface area contributed by atoms with Gasteiger partial charge in [0.15, 0.2) is 0 Å². The number of nitrogens with zero attached hydrogens (tertiary/aromatic N) is 1. The lowest BCUT2D eigenvalue weighted by molar-refractivity contribution is 0.172. The lowest BCUT2D eigenvalue weighted by Gasteiger charge is -2.37. The highest BCUT2D eigenvalue weighted by Crippen LogP contribution is 2.35. The van der Waals surface area contributed by atoms with E-state index in [4.69, 9.17) is 17.3 Å². The zero-order valence-corrected chi connectivity index (χ0v) is 12.2. The molecule has 0 amide bonds. The SMILES string of the molecule is CN(C)C1(CNc2cc(F)c(Cl)cc2N)CCCC1. The number of nitrogens with one attached hydrogen (secondary N) is 1. The van der Waals surface area contributed by atoms with Gasteiger partial charge in [0.25, 0.3) is 0 Å². The summed E-state index contributed by atoms with van der Waals surface area (Å²) in [6.45, 7) is 0.769. The van der Waals surface area contributed by atoms with Crippen molar-refractivity contribution in [3.05, 3.63) is 23.0 Å². The number of likely N-dealkylation sites (N-methyl/N-ethyl adjacent to an activating group) is 1. The van der Waals surface area contributed by atoms with E-state index in [0.29, 0.717) is 11.4 Å². The van der Waals surface area contributed by atoms with E-state index < -0.39 is 5.82 Å². The third-order valence-corrected chi connectivity index (χ3v) is 4.47. The molecular weight excluding hydrogens is 265 g/mol. The average molecular weight is 286 g/mol. The second-order valence-corrected chi connectivity index (χ2v) is 5.94. The standard InChI is InChI=1S/C14H21ClFN3/c1-19(2)14(5-3-4-6-14)9-18-13-8-11(16)10(15)7-12(13)17/h7-8,18H,3-6,9,17H2,1-2H3. The van der Waals surface area contributed by atoms with Crippen molar-refractivity contribution in [2.45, 2.75) is 31.2 Å². The van der Waals surface area contributed by atoms with E-state index >= 15 is 0 Å². The number of anilines is 2. The highest BCUT2D eigenvalue weighted by molar-refractivity contribution is 6.31. The van der Waals surface area contributed by atoms with Crippen molar-refractivity contribution in [1.82, 2.24) is 4.90 Å². The fourth-order valence-electron chi connectivity index (χ4n) is 2.79. The molecule has 1 aliphatic rings. The van der Waals surface area contributed by atoms with Crippen LogP contribution in [0.5, 0.6) is 0 Å². The first kappa shape index (κ1) is 14.4. The quantitative estimate of drug-likeness (QED) is 0.834. The Labute approximate surface area is 118 Å². The summed E-state index contributed by atoms with van der Waals surface area (Å²) in [6, 6.07) is 2.83. The van der Waals surface area contributed by atoms with Gasteiger partial charge in [-0.1, -0.05) is 24.4 Å². The number of nitrogen functional groups attached to an aromatic ring is 1. The zero-order chi connectivity index (χ0) is 14.0. The number of hydrogen-bond donors (Lipinski definition) is 2. The largest absolute Gasteiger partial charge is 0.397 e. The molecule has 0 bridgehead atoms. The highest BCUT2D eigenvalue weighted by Gasteiger charge is 2.35. The van der Waals surface area contributed by atoms with Gasteiger partial charge in [-0.3, -0.25) is 0 Å². The average Bonchev–Trinajstić information content (AvgIpc) is 2.82. The second-order valence-electron chi connectivity index (χ2n) is 5.53. The molecule has 1 aromatic rings. The minimum atomic E-state index is -0.441. The van der Waals surface area contributed by atoms with E-state index in [1.807, 2.05) is 0 Å². The van der Waals surface area contributed by atoms with Crippen LogP contribution in [0.15, 0.2) is 12.1 Å². The Morgan fingerprint density at radius 3 is 2.58 bits per heavy atom. The van der Waals surface area contributed by atoms with Gasteiger partial charge in [0.1, 0.15) is 5.82 Å². The molecule has 1 saturated carbocycles. The molecule has 106 valence electrons. The van der Waals surface area contributed by atoms with Crippen LogP contribution in [0.25, 0.3) is 0 Å². The van der Waals surface area contributed by atoms with Gasteiger partial charge in [-0.05, 0) is 33.0 Å². The minimum absolute atomic E-state index is 0.0613. The summed E-state index contributed by atoms with van der Waals surface area (Å²) in [5.41, 5.74) is 7.11. The summed E-state index contributed by atoms with van der Waals surface area (Å²) < 4.78 is 13.5. The maximum Gasteiger partial charge on any atom is 0.143 e. The minimum Gasteiger partial charge on any atom is -0.397 e. The van der Waals surface area contributed by atoms with Gasteiger partial charge in [0, 0.05) is 18.2 Å². The monoisotopic (exact) mass is 285 g/mol. The van der Waals surface area contributed by atoms with Crippen LogP contribution >= 0.6 is 11.6 Å². The van der Waals surface area contributed by atoms with Crippen molar-refractivity contribution in [2.75, 3.05) is 31.7 Å². The molecule has 0 spiro atoms. The Morgan fingerprint density at radius 2 is 2.00 bits per heavy atom. The van der Waals surface area contributed by atoms with E-state index in [1.54, 1.807) is 0 Å². The van der Waals surface area contributed by atoms with Crippen molar-refractivity contribution in [3.8, 4) is 0 Å². The summed E-state index contributed by atoms with van der Waals surface area (Å²) in [7, 11) is 4.19. The number of hydrogen-bond acceptors (Lipinski definition) is 3. The molecule has 0 radical (unpaired) electrons. The molecule has 19 heavy (non-hydrogen) atoms. The van der Waals surface area contributed by atoms with Crippen LogP contribution in [-0.4, -0.2) is 31.1 Å². The van der Waals surface area contributed by atoms with Crippen LogP contribution < -0.4 is 11.1 Å². The maximum absolute atomic E-state index is 13.5. The van der Waals surface area contributed by atoms with Gasteiger partial charge < -0.3 is 16.0 Å². The van der Waals surface area contributed by atoms with Crippen molar-refractivity contribution < 1.29 is 4.39 Å². The van der Waals surface area contributed by atoms with E-state index in [0.717, 1.165) is 19.4 Å². The van der Waals surface area contributed by atoms with Crippen molar-refractivity contribution in [2.24, 2.45) is 0 Å². The number of benzene rings is 1. The lowest BCUT2D eigenvalue weighted by Crippen LogP contribution is -2.47. The third-order valence-electron chi connectivity index (χ3n) is 4.18. The summed E-state index contributed by atoms with van der Waals surface area (Å²) in [6.07, 6.45) is 4.79. The van der Waals surface area contributed by atoms with Gasteiger partial charge in [-0.15, -0.1) is 0 Å². The first-order valence-electron chi connectivity index (χ1n) is 6.60. The molecule has 1 fully saturated rings. The first-order chi connectivity index (χ1) is 8.94. The molecule has 2 rings (SSSR count). The molecule has 0 atom stereocenters.